The van der Waals surface area contributed by atoms with Crippen LogP contribution in [0.5, 0.6) is 5.75 Å². The molecule has 0 saturated carbocycles. The van der Waals surface area contributed by atoms with Crippen molar-refractivity contribution < 1.29 is 14.6 Å². The molecule has 0 saturated heterocycles. The van der Waals surface area contributed by atoms with Gasteiger partial charge in [-0.1, -0.05) is 17.5 Å². The summed E-state index contributed by atoms with van der Waals surface area (Å²) in [5.41, 5.74) is 0.634. The molecular formula is C12H10ClIO3. The zero-order valence-corrected chi connectivity index (χ0v) is 11.8. The van der Waals surface area contributed by atoms with E-state index in [1.165, 1.54) is 6.07 Å². The average molecular weight is 365 g/mol. The predicted octanol–water partition coefficient (Wildman–Crippen LogP) is 2.92. The molecule has 0 radical (unpaired) electrons. The number of hydrogen-bond donors (Lipinski definition) is 1. The van der Waals surface area contributed by atoms with Crippen molar-refractivity contribution in [1.29, 1.82) is 0 Å². The van der Waals surface area contributed by atoms with Crippen molar-refractivity contribution in [3.05, 3.63) is 28.8 Å². The van der Waals surface area contributed by atoms with Crippen molar-refractivity contribution in [2.24, 2.45) is 0 Å². The van der Waals surface area contributed by atoms with Gasteiger partial charge >= 0.3 is 5.97 Å². The van der Waals surface area contributed by atoms with E-state index in [2.05, 4.69) is 9.85 Å². The predicted molar refractivity (Wildman–Crippen MR) is 74.2 cm³/mol. The summed E-state index contributed by atoms with van der Waals surface area (Å²) in [6, 6.07) is 4.73. The van der Waals surface area contributed by atoms with Crippen LogP contribution >= 0.6 is 34.2 Å². The van der Waals surface area contributed by atoms with Crippen LogP contribution in [0.2, 0.25) is 5.02 Å². The Morgan fingerprint density at radius 2 is 2.29 bits per heavy atom. The number of halogens is 2. The maximum Gasteiger partial charge on any atom is 0.307 e. The van der Waals surface area contributed by atoms with Crippen LogP contribution in [-0.2, 0) is 16.0 Å². The molecular weight excluding hydrogens is 354 g/mol. The fourth-order valence-electron chi connectivity index (χ4n) is 1.21. The largest absolute Gasteiger partial charge is 0.508 e. The van der Waals surface area contributed by atoms with Crippen LogP contribution in [0.15, 0.2) is 18.2 Å². The number of ether oxygens (including phenoxy) is 1. The first kappa shape index (κ1) is 14.1. The van der Waals surface area contributed by atoms with E-state index in [9.17, 15) is 9.90 Å². The van der Waals surface area contributed by atoms with E-state index in [4.69, 9.17) is 16.3 Å². The number of esters is 1. The van der Waals surface area contributed by atoms with Gasteiger partial charge in [-0.05, 0) is 34.1 Å². The standard InChI is InChI=1S/C12H10ClIO3/c13-10-3-4-11(15)9(8-10)2-5-12(16)17-7-1-6-14/h3-4,8,15H,2,5,7H2. The van der Waals surface area contributed by atoms with Gasteiger partial charge in [-0.3, -0.25) is 4.79 Å². The molecule has 1 aromatic carbocycles. The molecule has 1 rings (SSSR count). The van der Waals surface area contributed by atoms with Crippen molar-refractivity contribution in [1.82, 2.24) is 0 Å². The number of phenolic OH excluding ortho intramolecular Hbond substituents is 1. The SMILES string of the molecule is O=C(CCc1cc(Cl)ccc1O)OCC#CI. The van der Waals surface area contributed by atoms with Crippen molar-refractivity contribution in [3.8, 4) is 15.6 Å². The molecule has 5 heteroatoms. The average Bonchev–Trinajstić information content (AvgIpc) is 2.31. The third-order valence-corrected chi connectivity index (χ3v) is 2.63. The van der Waals surface area contributed by atoms with Crippen LogP contribution < -0.4 is 0 Å². The quantitative estimate of drug-likeness (QED) is 0.508. The summed E-state index contributed by atoms with van der Waals surface area (Å²) >= 11 is 7.66. The van der Waals surface area contributed by atoms with E-state index in [0.29, 0.717) is 17.0 Å². The molecule has 17 heavy (non-hydrogen) atoms. The van der Waals surface area contributed by atoms with Crippen molar-refractivity contribution in [2.75, 3.05) is 6.61 Å². The molecule has 0 spiro atoms. The van der Waals surface area contributed by atoms with E-state index in [-0.39, 0.29) is 24.7 Å². The third-order valence-electron chi connectivity index (χ3n) is 2.01. The molecule has 1 N–H and O–H groups in total. The summed E-state index contributed by atoms with van der Waals surface area (Å²) in [6.45, 7) is 0.100. The van der Waals surface area contributed by atoms with Crippen LogP contribution in [0.25, 0.3) is 0 Å². The zero-order chi connectivity index (χ0) is 12.7. The fraction of sp³-hybridized carbons (Fsp3) is 0.250. The topological polar surface area (TPSA) is 46.5 Å². The highest BCUT2D eigenvalue weighted by Crippen LogP contribution is 2.22. The minimum Gasteiger partial charge on any atom is -0.508 e. The van der Waals surface area contributed by atoms with Gasteiger partial charge in [0.25, 0.3) is 0 Å². The van der Waals surface area contributed by atoms with E-state index >= 15 is 0 Å². The highest BCUT2D eigenvalue weighted by molar-refractivity contribution is 14.1. The molecule has 0 amide bonds. The lowest BCUT2D eigenvalue weighted by Crippen LogP contribution is -2.06. The molecule has 0 bridgehead atoms. The summed E-state index contributed by atoms with van der Waals surface area (Å²) in [6.07, 6.45) is 0.583. The summed E-state index contributed by atoms with van der Waals surface area (Å²) in [5.74, 6) is 2.41. The first-order valence-electron chi connectivity index (χ1n) is 4.85. The molecule has 0 atom stereocenters. The maximum absolute atomic E-state index is 11.3. The Balaban J connectivity index is 2.46. The van der Waals surface area contributed by atoms with Crippen molar-refractivity contribution in [3.63, 3.8) is 0 Å². The molecule has 0 aliphatic heterocycles. The van der Waals surface area contributed by atoms with Gasteiger partial charge in [-0.25, -0.2) is 0 Å². The minimum absolute atomic E-state index is 0.100. The van der Waals surface area contributed by atoms with Crippen LogP contribution in [0.1, 0.15) is 12.0 Å². The summed E-state index contributed by atoms with van der Waals surface area (Å²) in [7, 11) is 0. The van der Waals surface area contributed by atoms with Crippen LogP contribution in [-0.4, -0.2) is 17.7 Å². The highest BCUT2D eigenvalue weighted by Gasteiger charge is 2.07. The molecule has 0 aliphatic carbocycles. The zero-order valence-electron chi connectivity index (χ0n) is 8.87. The number of phenols is 1. The van der Waals surface area contributed by atoms with Crippen LogP contribution in [0, 0.1) is 9.85 Å². The summed E-state index contributed by atoms with van der Waals surface area (Å²) in [5, 5.41) is 10.1. The Labute approximate surface area is 118 Å². The Hall–Kier alpha value is -0.930. The molecule has 1 aromatic rings. The molecule has 0 aromatic heterocycles. The van der Waals surface area contributed by atoms with E-state index in [1.54, 1.807) is 12.1 Å². The Bertz CT molecular complexity index is 463. The monoisotopic (exact) mass is 364 g/mol. The van der Waals surface area contributed by atoms with Gasteiger partial charge in [0.1, 0.15) is 5.75 Å². The lowest BCUT2D eigenvalue weighted by molar-refractivity contribution is -0.142. The van der Waals surface area contributed by atoms with Crippen LogP contribution in [0.4, 0.5) is 0 Å². The van der Waals surface area contributed by atoms with E-state index < -0.39 is 0 Å². The summed E-state index contributed by atoms with van der Waals surface area (Å²) in [4.78, 5) is 11.3. The number of carbonyl (C=O) groups excluding carboxylic acids is 1. The second-order valence-electron chi connectivity index (χ2n) is 3.20. The van der Waals surface area contributed by atoms with Gasteiger partial charge in [0.15, 0.2) is 6.61 Å². The van der Waals surface area contributed by atoms with Crippen molar-refractivity contribution in [2.45, 2.75) is 12.8 Å². The lowest BCUT2D eigenvalue weighted by Gasteiger charge is -2.04. The number of carbonyl (C=O) groups is 1. The molecule has 0 unspecified atom stereocenters. The maximum atomic E-state index is 11.3. The molecule has 0 aliphatic rings. The molecule has 90 valence electrons. The number of hydrogen-bond acceptors (Lipinski definition) is 3. The van der Waals surface area contributed by atoms with Gasteiger partial charge in [-0.15, -0.1) is 0 Å². The molecule has 0 heterocycles. The van der Waals surface area contributed by atoms with Gasteiger partial charge in [0.2, 0.25) is 0 Å². The van der Waals surface area contributed by atoms with Gasteiger partial charge in [-0.2, -0.15) is 0 Å². The molecule has 0 fully saturated rings. The first-order valence-corrected chi connectivity index (χ1v) is 6.30. The minimum atomic E-state index is -0.344. The van der Waals surface area contributed by atoms with Gasteiger partial charge < -0.3 is 9.84 Å². The second kappa shape index (κ2) is 7.41. The Kier molecular flexibility index (Phi) is 6.16. The van der Waals surface area contributed by atoms with Crippen LogP contribution in [0.3, 0.4) is 0 Å². The number of aromatic hydroxyl groups is 1. The lowest BCUT2D eigenvalue weighted by atomic mass is 10.1. The number of benzene rings is 1. The first-order chi connectivity index (χ1) is 8.13. The van der Waals surface area contributed by atoms with E-state index in [1.807, 2.05) is 22.6 Å². The van der Waals surface area contributed by atoms with Gasteiger partial charge in [0, 0.05) is 34.0 Å². The number of aryl methyl sites for hydroxylation is 1. The fourth-order valence-corrected chi connectivity index (χ4v) is 1.56. The smallest absolute Gasteiger partial charge is 0.307 e. The highest BCUT2D eigenvalue weighted by atomic mass is 127. The molecule has 3 nitrogen and oxygen atoms in total. The Morgan fingerprint density at radius 1 is 1.53 bits per heavy atom. The van der Waals surface area contributed by atoms with Crippen molar-refractivity contribution >= 4 is 40.2 Å². The normalized spacial score (nSPS) is 9.29. The van der Waals surface area contributed by atoms with Gasteiger partial charge in [0.05, 0.1) is 0 Å². The third kappa shape index (κ3) is 5.29. The number of rotatable bonds is 4. The van der Waals surface area contributed by atoms with E-state index in [0.717, 1.165) is 0 Å². The Morgan fingerprint density at radius 3 is 3.00 bits per heavy atom. The second-order valence-corrected chi connectivity index (χ2v) is 4.18. The summed E-state index contributed by atoms with van der Waals surface area (Å²) < 4.78 is 7.44.